The number of carbonyl (C=O) groups is 1. The van der Waals surface area contributed by atoms with Crippen molar-refractivity contribution in [1.82, 2.24) is 4.98 Å². The number of halogens is 1. The Balaban J connectivity index is 2.16. The number of benzene rings is 2. The molecule has 3 rings (SSSR count). The third-order valence-electron chi connectivity index (χ3n) is 3.71. The van der Waals surface area contributed by atoms with E-state index < -0.39 is 0 Å². The fourth-order valence-electron chi connectivity index (χ4n) is 2.49. The second kappa shape index (κ2) is 6.38. The number of amides is 1. The zero-order valence-corrected chi connectivity index (χ0v) is 14.4. The normalized spacial score (nSPS) is 10.6. The predicted molar refractivity (Wildman–Crippen MR) is 95.2 cm³/mol. The molecule has 0 saturated heterocycles. The molecule has 23 heavy (non-hydrogen) atoms. The third-order valence-corrected chi connectivity index (χ3v) is 4.40. The van der Waals surface area contributed by atoms with Gasteiger partial charge in [0.1, 0.15) is 11.4 Å². The molecule has 0 atom stereocenters. The van der Waals surface area contributed by atoms with Crippen molar-refractivity contribution in [2.24, 2.45) is 0 Å². The molecular weight excluding hydrogens is 356 g/mol. The van der Waals surface area contributed by atoms with Gasteiger partial charge in [-0.2, -0.15) is 0 Å². The average molecular weight is 371 g/mol. The van der Waals surface area contributed by atoms with Gasteiger partial charge in [-0.25, -0.2) is 0 Å². The van der Waals surface area contributed by atoms with Crippen LogP contribution in [-0.2, 0) is 0 Å². The maximum absolute atomic E-state index is 12.9. The molecule has 1 aromatic heterocycles. The summed E-state index contributed by atoms with van der Waals surface area (Å²) in [5, 5.41) is 1.60. The van der Waals surface area contributed by atoms with Gasteiger partial charge in [0, 0.05) is 28.8 Å². The van der Waals surface area contributed by atoms with E-state index >= 15 is 0 Å². The third kappa shape index (κ3) is 2.80. The van der Waals surface area contributed by atoms with Gasteiger partial charge < -0.3 is 9.64 Å². The molecule has 0 spiro atoms. The Morgan fingerprint density at radius 3 is 2.57 bits per heavy atom. The summed E-state index contributed by atoms with van der Waals surface area (Å²) in [5.41, 5.74) is 1.18. The van der Waals surface area contributed by atoms with Gasteiger partial charge in [-0.15, -0.1) is 0 Å². The fraction of sp³-hybridized carbons (Fsp3) is 0.111. The van der Waals surface area contributed by atoms with Crippen molar-refractivity contribution in [1.29, 1.82) is 0 Å². The second-order valence-corrected chi connectivity index (χ2v) is 5.89. The van der Waals surface area contributed by atoms with E-state index in [2.05, 4.69) is 20.9 Å². The summed E-state index contributed by atoms with van der Waals surface area (Å²) in [5.74, 6) is 0.444. The molecule has 0 aliphatic carbocycles. The fourth-order valence-corrected chi connectivity index (χ4v) is 2.95. The first-order chi connectivity index (χ1) is 11.1. The Morgan fingerprint density at radius 1 is 1.13 bits per heavy atom. The van der Waals surface area contributed by atoms with Crippen LogP contribution >= 0.6 is 15.9 Å². The smallest absolute Gasteiger partial charge is 0.277 e. The standard InChI is InChI=1S/C18H15BrN2O2/c1-21(12-6-4-3-5-7-12)18(22)17-16-13(10-11-20-17)14(19)8-9-15(16)23-2/h3-11H,1-2H3. The lowest BCUT2D eigenvalue weighted by Gasteiger charge is -2.18. The van der Waals surface area contributed by atoms with Crippen molar-refractivity contribution in [3.63, 3.8) is 0 Å². The lowest BCUT2D eigenvalue weighted by atomic mass is 10.1. The van der Waals surface area contributed by atoms with E-state index in [0.29, 0.717) is 16.8 Å². The molecule has 0 fully saturated rings. The van der Waals surface area contributed by atoms with E-state index in [9.17, 15) is 4.79 Å². The number of methoxy groups -OCH3 is 1. The lowest BCUT2D eigenvalue weighted by molar-refractivity contribution is 0.0990. The van der Waals surface area contributed by atoms with E-state index in [1.54, 1.807) is 25.3 Å². The number of pyridine rings is 1. The minimum atomic E-state index is -0.182. The Labute approximate surface area is 142 Å². The number of anilines is 1. The van der Waals surface area contributed by atoms with Crippen molar-refractivity contribution in [2.75, 3.05) is 19.1 Å². The lowest BCUT2D eigenvalue weighted by Crippen LogP contribution is -2.27. The molecule has 0 aliphatic rings. The first-order valence-electron chi connectivity index (χ1n) is 7.08. The van der Waals surface area contributed by atoms with E-state index in [1.165, 1.54) is 0 Å². The number of carbonyl (C=O) groups excluding carboxylic acids is 1. The van der Waals surface area contributed by atoms with Gasteiger partial charge in [0.15, 0.2) is 0 Å². The minimum absolute atomic E-state index is 0.182. The summed E-state index contributed by atoms with van der Waals surface area (Å²) >= 11 is 3.52. The number of para-hydroxylation sites is 1. The van der Waals surface area contributed by atoms with Crippen molar-refractivity contribution in [2.45, 2.75) is 0 Å². The van der Waals surface area contributed by atoms with Crippen LogP contribution in [-0.4, -0.2) is 25.0 Å². The molecule has 116 valence electrons. The molecule has 2 aromatic carbocycles. The number of ether oxygens (including phenoxy) is 1. The topological polar surface area (TPSA) is 42.4 Å². The zero-order valence-electron chi connectivity index (χ0n) is 12.8. The van der Waals surface area contributed by atoms with Gasteiger partial charge in [-0.05, 0) is 30.3 Å². The predicted octanol–water partition coefficient (Wildman–Crippen LogP) is 4.28. The molecule has 0 N–H and O–H groups in total. The molecule has 0 aliphatic heterocycles. The maximum Gasteiger partial charge on any atom is 0.277 e. The van der Waals surface area contributed by atoms with Crippen LogP contribution in [0.2, 0.25) is 0 Å². The average Bonchev–Trinajstić information content (AvgIpc) is 2.61. The van der Waals surface area contributed by atoms with Crippen molar-refractivity contribution in [3.8, 4) is 5.75 Å². The zero-order chi connectivity index (χ0) is 16.4. The van der Waals surface area contributed by atoms with Gasteiger partial charge in [-0.1, -0.05) is 34.1 Å². The molecule has 0 unspecified atom stereocenters. The summed E-state index contributed by atoms with van der Waals surface area (Å²) in [7, 11) is 3.33. The van der Waals surface area contributed by atoms with E-state index in [0.717, 1.165) is 15.5 Å². The minimum Gasteiger partial charge on any atom is -0.496 e. The Hall–Kier alpha value is -2.40. The monoisotopic (exact) mass is 370 g/mol. The molecule has 0 saturated carbocycles. The second-order valence-electron chi connectivity index (χ2n) is 5.03. The van der Waals surface area contributed by atoms with E-state index in [-0.39, 0.29) is 5.91 Å². The number of aromatic nitrogens is 1. The highest BCUT2D eigenvalue weighted by Gasteiger charge is 2.20. The summed E-state index contributed by atoms with van der Waals surface area (Å²) in [6.45, 7) is 0. The van der Waals surface area contributed by atoms with Gasteiger partial charge >= 0.3 is 0 Å². The van der Waals surface area contributed by atoms with E-state index in [1.807, 2.05) is 48.5 Å². The van der Waals surface area contributed by atoms with Crippen LogP contribution in [0, 0.1) is 0 Å². The van der Waals surface area contributed by atoms with Crippen LogP contribution in [0.1, 0.15) is 10.5 Å². The number of nitrogens with zero attached hydrogens (tertiary/aromatic N) is 2. The van der Waals surface area contributed by atoms with Crippen LogP contribution in [0.25, 0.3) is 10.8 Å². The first-order valence-corrected chi connectivity index (χ1v) is 7.87. The van der Waals surface area contributed by atoms with Crippen molar-refractivity contribution < 1.29 is 9.53 Å². The molecule has 3 aromatic rings. The van der Waals surface area contributed by atoms with Crippen molar-refractivity contribution in [3.05, 3.63) is 64.9 Å². The molecule has 1 heterocycles. The van der Waals surface area contributed by atoms with Gasteiger partial charge in [0.2, 0.25) is 0 Å². The van der Waals surface area contributed by atoms with Crippen molar-refractivity contribution >= 4 is 38.3 Å². The number of fused-ring (bicyclic) bond motifs is 1. The summed E-state index contributed by atoms with van der Waals surface area (Å²) in [4.78, 5) is 18.8. The highest BCUT2D eigenvalue weighted by molar-refractivity contribution is 9.10. The largest absolute Gasteiger partial charge is 0.496 e. The van der Waals surface area contributed by atoms with Crippen LogP contribution < -0.4 is 9.64 Å². The van der Waals surface area contributed by atoms with Gasteiger partial charge in [-0.3, -0.25) is 9.78 Å². The SMILES string of the molecule is COc1ccc(Br)c2ccnc(C(=O)N(C)c3ccccc3)c12. The molecular formula is C18H15BrN2O2. The van der Waals surface area contributed by atoms with Crippen LogP contribution in [0.5, 0.6) is 5.75 Å². The Kier molecular flexibility index (Phi) is 4.30. The number of rotatable bonds is 3. The maximum atomic E-state index is 12.9. The molecule has 1 amide bonds. The summed E-state index contributed by atoms with van der Waals surface area (Å²) in [6.07, 6.45) is 1.64. The van der Waals surface area contributed by atoms with Crippen LogP contribution in [0.3, 0.4) is 0 Å². The highest BCUT2D eigenvalue weighted by Crippen LogP contribution is 2.34. The highest BCUT2D eigenvalue weighted by atomic mass is 79.9. The van der Waals surface area contributed by atoms with Gasteiger partial charge in [0.05, 0.1) is 12.5 Å². The Morgan fingerprint density at radius 2 is 1.87 bits per heavy atom. The summed E-state index contributed by atoms with van der Waals surface area (Å²) in [6, 6.07) is 15.1. The first kappa shape index (κ1) is 15.5. The van der Waals surface area contributed by atoms with Crippen LogP contribution in [0.4, 0.5) is 5.69 Å². The molecule has 0 bridgehead atoms. The molecule has 4 nitrogen and oxygen atoms in total. The van der Waals surface area contributed by atoms with Crippen LogP contribution in [0.15, 0.2) is 59.2 Å². The van der Waals surface area contributed by atoms with E-state index in [4.69, 9.17) is 4.74 Å². The number of hydrogen-bond donors (Lipinski definition) is 0. The number of hydrogen-bond acceptors (Lipinski definition) is 3. The molecule has 5 heteroatoms. The molecule has 0 radical (unpaired) electrons. The quantitative estimate of drug-likeness (QED) is 0.690. The summed E-state index contributed by atoms with van der Waals surface area (Å²) < 4.78 is 6.32. The Bertz CT molecular complexity index is 866. The van der Waals surface area contributed by atoms with Gasteiger partial charge in [0.25, 0.3) is 5.91 Å².